The minimum atomic E-state index is -1.73. The quantitative estimate of drug-likeness (QED) is 0.791. The second-order valence-corrected chi connectivity index (χ2v) is 4.52. The second kappa shape index (κ2) is 5.80. The van der Waals surface area contributed by atoms with Crippen LogP contribution in [0, 0.1) is 0 Å². The Morgan fingerprint density at radius 1 is 0.778 bits per heavy atom. The van der Waals surface area contributed by atoms with Crippen LogP contribution in [-0.2, 0) is 12.2 Å². The summed E-state index contributed by atoms with van der Waals surface area (Å²) in [6.07, 6.45) is 1.94. The van der Waals surface area contributed by atoms with E-state index >= 15 is 0 Å². The molecule has 2 nitrogen and oxygen atoms in total. The highest BCUT2D eigenvalue weighted by Crippen LogP contribution is 2.23. The standard InChI is InChI=1S/C16H18O2/c17-16(18,15-11-5-2-6-12-15)13-7-10-14-8-3-1-4-9-14/h1-6,8-9,11-12,17-18H,7,10,13H2. The first-order valence-corrected chi connectivity index (χ1v) is 6.23. The summed E-state index contributed by atoms with van der Waals surface area (Å²) in [7, 11) is 0. The van der Waals surface area contributed by atoms with Gasteiger partial charge in [-0.2, -0.15) is 0 Å². The predicted octanol–water partition coefficient (Wildman–Crippen LogP) is 2.85. The molecule has 0 radical (unpaired) electrons. The van der Waals surface area contributed by atoms with Crippen LogP contribution in [0.15, 0.2) is 60.7 Å². The Morgan fingerprint density at radius 3 is 1.94 bits per heavy atom. The number of rotatable bonds is 5. The topological polar surface area (TPSA) is 40.5 Å². The number of benzene rings is 2. The Labute approximate surface area is 108 Å². The van der Waals surface area contributed by atoms with Gasteiger partial charge in [0.25, 0.3) is 0 Å². The van der Waals surface area contributed by atoms with Gasteiger partial charge in [-0.15, -0.1) is 0 Å². The zero-order valence-electron chi connectivity index (χ0n) is 10.3. The summed E-state index contributed by atoms with van der Waals surface area (Å²) < 4.78 is 0. The molecule has 94 valence electrons. The Hall–Kier alpha value is -1.64. The van der Waals surface area contributed by atoms with Gasteiger partial charge in [-0.3, -0.25) is 0 Å². The number of aryl methyl sites for hydroxylation is 1. The average molecular weight is 242 g/mol. The Morgan fingerprint density at radius 2 is 1.33 bits per heavy atom. The largest absolute Gasteiger partial charge is 0.362 e. The Kier molecular flexibility index (Phi) is 4.13. The van der Waals surface area contributed by atoms with E-state index in [9.17, 15) is 10.2 Å². The summed E-state index contributed by atoms with van der Waals surface area (Å²) >= 11 is 0. The molecule has 0 aliphatic carbocycles. The fourth-order valence-corrected chi connectivity index (χ4v) is 2.03. The molecular formula is C16H18O2. The second-order valence-electron chi connectivity index (χ2n) is 4.52. The molecule has 0 saturated heterocycles. The lowest BCUT2D eigenvalue weighted by Crippen LogP contribution is -2.24. The SMILES string of the molecule is OC(O)(CCCc1ccccc1)c1ccccc1. The number of hydrogen-bond acceptors (Lipinski definition) is 2. The summed E-state index contributed by atoms with van der Waals surface area (Å²) in [5, 5.41) is 20.0. The molecule has 2 N–H and O–H groups in total. The van der Waals surface area contributed by atoms with E-state index in [4.69, 9.17) is 0 Å². The fourth-order valence-electron chi connectivity index (χ4n) is 2.03. The maximum atomic E-state index is 10.0. The minimum Gasteiger partial charge on any atom is -0.362 e. The van der Waals surface area contributed by atoms with E-state index in [1.54, 1.807) is 12.1 Å². The van der Waals surface area contributed by atoms with Crippen molar-refractivity contribution in [3.05, 3.63) is 71.8 Å². The lowest BCUT2D eigenvalue weighted by molar-refractivity contribution is -0.175. The highest BCUT2D eigenvalue weighted by atomic mass is 16.5. The molecule has 0 atom stereocenters. The molecule has 0 saturated carbocycles. The molecule has 0 amide bonds. The average Bonchev–Trinajstić information content (AvgIpc) is 2.41. The summed E-state index contributed by atoms with van der Waals surface area (Å²) in [6, 6.07) is 19.1. The fraction of sp³-hybridized carbons (Fsp3) is 0.250. The maximum Gasteiger partial charge on any atom is 0.189 e. The molecule has 2 aromatic rings. The van der Waals surface area contributed by atoms with E-state index in [-0.39, 0.29) is 0 Å². The van der Waals surface area contributed by atoms with Crippen molar-refractivity contribution in [2.45, 2.75) is 25.0 Å². The van der Waals surface area contributed by atoms with E-state index in [0.717, 1.165) is 12.8 Å². The lowest BCUT2D eigenvalue weighted by atomic mass is 9.98. The monoisotopic (exact) mass is 242 g/mol. The van der Waals surface area contributed by atoms with E-state index in [2.05, 4.69) is 12.1 Å². The molecular weight excluding hydrogens is 224 g/mol. The van der Waals surface area contributed by atoms with Crippen molar-refractivity contribution in [2.24, 2.45) is 0 Å². The van der Waals surface area contributed by atoms with Crippen molar-refractivity contribution in [1.82, 2.24) is 0 Å². The molecule has 0 unspecified atom stereocenters. The normalized spacial score (nSPS) is 11.4. The molecule has 0 fully saturated rings. The summed E-state index contributed by atoms with van der Waals surface area (Å²) in [6.45, 7) is 0. The van der Waals surface area contributed by atoms with Gasteiger partial charge in [0.05, 0.1) is 0 Å². The van der Waals surface area contributed by atoms with Crippen LogP contribution in [0.3, 0.4) is 0 Å². The van der Waals surface area contributed by atoms with Crippen molar-refractivity contribution >= 4 is 0 Å². The Balaban J connectivity index is 1.90. The lowest BCUT2D eigenvalue weighted by Gasteiger charge is -2.22. The van der Waals surface area contributed by atoms with Gasteiger partial charge in [-0.05, 0) is 18.4 Å². The van der Waals surface area contributed by atoms with Gasteiger partial charge in [-0.1, -0.05) is 60.7 Å². The molecule has 0 bridgehead atoms. The molecule has 2 rings (SSSR count). The van der Waals surface area contributed by atoms with Crippen LogP contribution in [0.4, 0.5) is 0 Å². The highest BCUT2D eigenvalue weighted by Gasteiger charge is 2.24. The van der Waals surface area contributed by atoms with Gasteiger partial charge in [0, 0.05) is 12.0 Å². The van der Waals surface area contributed by atoms with Crippen molar-refractivity contribution in [2.75, 3.05) is 0 Å². The zero-order chi connectivity index (χ0) is 12.8. The summed E-state index contributed by atoms with van der Waals surface area (Å²) in [5.41, 5.74) is 1.78. The third kappa shape index (κ3) is 3.42. The molecule has 2 heteroatoms. The number of aliphatic hydroxyl groups is 2. The molecule has 2 aromatic carbocycles. The van der Waals surface area contributed by atoms with E-state index < -0.39 is 5.79 Å². The zero-order valence-corrected chi connectivity index (χ0v) is 10.3. The summed E-state index contributed by atoms with van der Waals surface area (Å²) in [4.78, 5) is 0. The maximum absolute atomic E-state index is 10.0. The molecule has 0 spiro atoms. The predicted molar refractivity (Wildman–Crippen MR) is 71.9 cm³/mol. The first-order valence-electron chi connectivity index (χ1n) is 6.23. The first kappa shape index (κ1) is 12.8. The Bertz CT molecular complexity index is 463. The van der Waals surface area contributed by atoms with Gasteiger partial charge in [0.1, 0.15) is 0 Å². The van der Waals surface area contributed by atoms with Gasteiger partial charge in [0.2, 0.25) is 0 Å². The summed E-state index contributed by atoms with van der Waals surface area (Å²) in [5.74, 6) is -1.73. The third-order valence-electron chi connectivity index (χ3n) is 3.07. The van der Waals surface area contributed by atoms with Crippen LogP contribution in [0.1, 0.15) is 24.0 Å². The smallest absolute Gasteiger partial charge is 0.189 e. The molecule has 0 aromatic heterocycles. The van der Waals surface area contributed by atoms with Crippen molar-refractivity contribution < 1.29 is 10.2 Å². The van der Waals surface area contributed by atoms with Crippen LogP contribution < -0.4 is 0 Å². The van der Waals surface area contributed by atoms with E-state index in [0.29, 0.717) is 12.0 Å². The molecule has 0 aliphatic heterocycles. The highest BCUT2D eigenvalue weighted by molar-refractivity contribution is 5.20. The van der Waals surface area contributed by atoms with Crippen molar-refractivity contribution in [1.29, 1.82) is 0 Å². The van der Waals surface area contributed by atoms with Crippen molar-refractivity contribution in [3.8, 4) is 0 Å². The van der Waals surface area contributed by atoms with Crippen molar-refractivity contribution in [3.63, 3.8) is 0 Å². The van der Waals surface area contributed by atoms with Gasteiger partial charge in [-0.25, -0.2) is 0 Å². The van der Waals surface area contributed by atoms with Gasteiger partial charge in [0.15, 0.2) is 5.79 Å². The van der Waals surface area contributed by atoms with E-state index in [1.165, 1.54) is 5.56 Å². The molecule has 0 heterocycles. The number of hydrogen-bond donors (Lipinski definition) is 2. The van der Waals surface area contributed by atoms with Gasteiger partial charge < -0.3 is 10.2 Å². The van der Waals surface area contributed by atoms with Crippen LogP contribution in [-0.4, -0.2) is 10.2 Å². The van der Waals surface area contributed by atoms with Gasteiger partial charge >= 0.3 is 0 Å². The van der Waals surface area contributed by atoms with Crippen LogP contribution in [0.5, 0.6) is 0 Å². The van der Waals surface area contributed by atoms with Crippen LogP contribution >= 0.6 is 0 Å². The minimum absolute atomic E-state index is 0.339. The third-order valence-corrected chi connectivity index (χ3v) is 3.07. The molecule has 18 heavy (non-hydrogen) atoms. The van der Waals surface area contributed by atoms with Crippen LogP contribution in [0.2, 0.25) is 0 Å². The molecule has 0 aliphatic rings. The van der Waals surface area contributed by atoms with E-state index in [1.807, 2.05) is 36.4 Å². The first-order chi connectivity index (χ1) is 8.68. The van der Waals surface area contributed by atoms with Crippen LogP contribution in [0.25, 0.3) is 0 Å².